The van der Waals surface area contributed by atoms with Crippen LogP contribution in [-0.4, -0.2) is 37.1 Å². The van der Waals surface area contributed by atoms with Gasteiger partial charge in [0.2, 0.25) is 5.91 Å². The molecule has 30 heavy (non-hydrogen) atoms. The lowest BCUT2D eigenvalue weighted by Crippen LogP contribution is -2.58. The molecule has 1 atom stereocenters. The average Bonchev–Trinajstić information content (AvgIpc) is 3.19. The molecule has 0 radical (unpaired) electrons. The fourth-order valence-electron chi connectivity index (χ4n) is 3.16. The fraction of sp³-hybridized carbons (Fsp3) is 0.150. The summed E-state index contributed by atoms with van der Waals surface area (Å²) >= 11 is 0. The predicted molar refractivity (Wildman–Crippen MR) is 106 cm³/mol. The lowest BCUT2D eigenvalue weighted by molar-refractivity contribution is -0.123. The summed E-state index contributed by atoms with van der Waals surface area (Å²) in [7, 11) is 1.41. The molecule has 2 aromatic carbocycles. The number of carbonyl (C=O) groups is 3. The number of primary amides is 1. The van der Waals surface area contributed by atoms with Gasteiger partial charge in [0, 0.05) is 12.7 Å². The van der Waals surface area contributed by atoms with Crippen molar-refractivity contribution in [2.45, 2.75) is 5.54 Å². The van der Waals surface area contributed by atoms with Crippen molar-refractivity contribution >= 4 is 29.1 Å². The number of carbonyl (C=O) groups excluding carboxylic acids is 3. The van der Waals surface area contributed by atoms with Crippen molar-refractivity contribution in [1.82, 2.24) is 10.6 Å². The zero-order valence-electron chi connectivity index (χ0n) is 15.8. The summed E-state index contributed by atoms with van der Waals surface area (Å²) in [6.45, 7) is 0.0299. The Balaban J connectivity index is 1.86. The van der Waals surface area contributed by atoms with E-state index in [0.717, 1.165) is 6.07 Å². The molecular weight excluding hydrogens is 391 g/mol. The molecule has 0 aromatic heterocycles. The SMILES string of the molecule is CNC(=O)C1=NCNC1(C(N)=O)c1ccc(NC(=O)c2ccc(C#N)cc2F)cc1. The van der Waals surface area contributed by atoms with E-state index in [4.69, 9.17) is 11.0 Å². The van der Waals surface area contributed by atoms with Gasteiger partial charge in [-0.05, 0) is 35.9 Å². The lowest BCUT2D eigenvalue weighted by atomic mass is 9.84. The Kier molecular flexibility index (Phi) is 5.57. The van der Waals surface area contributed by atoms with Gasteiger partial charge in [-0.15, -0.1) is 0 Å². The molecule has 0 bridgehead atoms. The van der Waals surface area contributed by atoms with Crippen LogP contribution in [0.2, 0.25) is 0 Å². The molecule has 0 spiro atoms. The molecule has 1 aliphatic heterocycles. The number of hydrogen-bond donors (Lipinski definition) is 4. The molecule has 0 saturated carbocycles. The van der Waals surface area contributed by atoms with Gasteiger partial charge in [0.25, 0.3) is 11.8 Å². The standard InChI is InChI=1S/C20H17FN6O3/c1-24-18(29)16-20(19(23)30,26-10-25-16)12-3-5-13(6-4-12)27-17(28)14-7-2-11(9-22)8-15(14)21/h2-8,26H,10H2,1H3,(H2,23,30)(H,24,29)(H,27,28). The maximum Gasteiger partial charge on any atom is 0.267 e. The van der Waals surface area contributed by atoms with Crippen LogP contribution < -0.4 is 21.7 Å². The third kappa shape index (κ3) is 3.49. The van der Waals surface area contributed by atoms with E-state index in [0.29, 0.717) is 11.3 Å². The van der Waals surface area contributed by atoms with E-state index >= 15 is 0 Å². The fourth-order valence-corrected chi connectivity index (χ4v) is 3.16. The average molecular weight is 408 g/mol. The number of nitrogens with one attached hydrogen (secondary N) is 3. The van der Waals surface area contributed by atoms with E-state index in [1.807, 2.05) is 0 Å². The first-order valence-electron chi connectivity index (χ1n) is 8.77. The van der Waals surface area contributed by atoms with Gasteiger partial charge in [-0.2, -0.15) is 5.26 Å². The highest BCUT2D eigenvalue weighted by Crippen LogP contribution is 2.28. The predicted octanol–water partition coefficient (Wildman–Crippen LogP) is 0.378. The molecule has 0 saturated heterocycles. The van der Waals surface area contributed by atoms with Gasteiger partial charge >= 0.3 is 0 Å². The summed E-state index contributed by atoms with van der Waals surface area (Å²) in [5, 5.41) is 16.6. The first-order valence-corrected chi connectivity index (χ1v) is 8.77. The van der Waals surface area contributed by atoms with Gasteiger partial charge in [-0.3, -0.25) is 24.7 Å². The van der Waals surface area contributed by atoms with E-state index in [2.05, 4.69) is 20.9 Å². The number of hydrogen-bond acceptors (Lipinski definition) is 6. The zero-order chi connectivity index (χ0) is 21.9. The molecule has 1 aliphatic rings. The zero-order valence-corrected chi connectivity index (χ0v) is 15.8. The lowest BCUT2D eigenvalue weighted by Gasteiger charge is -2.27. The topological polar surface area (TPSA) is 149 Å². The number of rotatable bonds is 5. The summed E-state index contributed by atoms with van der Waals surface area (Å²) in [5.41, 5.74) is 4.47. The Labute approximate surface area is 170 Å². The second-order valence-corrected chi connectivity index (χ2v) is 6.37. The minimum Gasteiger partial charge on any atom is -0.367 e. The van der Waals surface area contributed by atoms with E-state index in [1.54, 1.807) is 6.07 Å². The quantitative estimate of drug-likeness (QED) is 0.564. The molecular formula is C20H17FN6O3. The van der Waals surface area contributed by atoms with Crippen LogP contribution in [0.4, 0.5) is 10.1 Å². The van der Waals surface area contributed by atoms with E-state index in [-0.39, 0.29) is 23.5 Å². The normalized spacial score (nSPS) is 17.6. The number of amides is 3. The molecule has 2 aromatic rings. The number of aliphatic imine (C=N–C) groups is 1. The van der Waals surface area contributed by atoms with E-state index < -0.39 is 29.1 Å². The van der Waals surface area contributed by atoms with Crippen molar-refractivity contribution in [3.8, 4) is 6.07 Å². The Morgan fingerprint density at radius 2 is 1.90 bits per heavy atom. The van der Waals surface area contributed by atoms with Gasteiger partial charge in [0.15, 0.2) is 5.54 Å². The number of halogens is 1. The highest BCUT2D eigenvalue weighted by atomic mass is 19.1. The second kappa shape index (κ2) is 8.10. The van der Waals surface area contributed by atoms with Crippen molar-refractivity contribution in [3.05, 3.63) is 65.0 Å². The molecule has 1 unspecified atom stereocenters. The van der Waals surface area contributed by atoms with Gasteiger partial charge in [-0.25, -0.2) is 4.39 Å². The third-order valence-corrected chi connectivity index (χ3v) is 4.67. The smallest absolute Gasteiger partial charge is 0.267 e. The second-order valence-electron chi connectivity index (χ2n) is 6.37. The molecule has 10 heteroatoms. The van der Waals surface area contributed by atoms with Crippen LogP contribution >= 0.6 is 0 Å². The number of nitriles is 1. The maximum atomic E-state index is 14.0. The Hall–Kier alpha value is -4.10. The van der Waals surface area contributed by atoms with Crippen LogP contribution in [0.5, 0.6) is 0 Å². The number of anilines is 1. The van der Waals surface area contributed by atoms with Gasteiger partial charge < -0.3 is 16.4 Å². The summed E-state index contributed by atoms with van der Waals surface area (Å²) in [4.78, 5) is 40.8. The molecule has 3 amide bonds. The first kappa shape index (κ1) is 20.6. The Morgan fingerprint density at radius 3 is 2.47 bits per heavy atom. The van der Waals surface area contributed by atoms with Crippen LogP contribution in [0.15, 0.2) is 47.5 Å². The largest absolute Gasteiger partial charge is 0.367 e. The Morgan fingerprint density at radius 1 is 1.20 bits per heavy atom. The monoisotopic (exact) mass is 408 g/mol. The first-order chi connectivity index (χ1) is 14.3. The third-order valence-electron chi connectivity index (χ3n) is 4.67. The number of nitrogens with two attached hydrogens (primary N) is 1. The van der Waals surface area contributed by atoms with Crippen molar-refractivity contribution in [2.75, 3.05) is 19.0 Å². The van der Waals surface area contributed by atoms with Crippen LogP contribution in [0.25, 0.3) is 0 Å². The van der Waals surface area contributed by atoms with Crippen LogP contribution in [0, 0.1) is 17.1 Å². The highest BCUT2D eigenvalue weighted by Gasteiger charge is 2.49. The van der Waals surface area contributed by atoms with Crippen molar-refractivity contribution in [3.63, 3.8) is 0 Å². The molecule has 0 aliphatic carbocycles. The van der Waals surface area contributed by atoms with Crippen LogP contribution in [-0.2, 0) is 15.1 Å². The van der Waals surface area contributed by atoms with Gasteiger partial charge in [0.1, 0.15) is 11.5 Å². The van der Waals surface area contributed by atoms with Crippen LogP contribution in [0.3, 0.4) is 0 Å². The minimum absolute atomic E-state index is 0.0299. The van der Waals surface area contributed by atoms with Crippen molar-refractivity contribution in [1.29, 1.82) is 5.26 Å². The number of benzene rings is 2. The van der Waals surface area contributed by atoms with E-state index in [1.165, 1.54) is 43.4 Å². The molecule has 3 rings (SSSR count). The molecule has 5 N–H and O–H groups in total. The van der Waals surface area contributed by atoms with E-state index in [9.17, 15) is 18.8 Å². The number of nitrogens with zero attached hydrogens (tertiary/aromatic N) is 2. The molecule has 1 heterocycles. The minimum atomic E-state index is -1.61. The molecule has 9 nitrogen and oxygen atoms in total. The summed E-state index contributed by atoms with van der Waals surface area (Å²) in [6, 6.07) is 11.3. The summed E-state index contributed by atoms with van der Waals surface area (Å²) in [6.07, 6.45) is 0. The summed E-state index contributed by atoms with van der Waals surface area (Å²) < 4.78 is 14.0. The van der Waals surface area contributed by atoms with Crippen molar-refractivity contribution in [2.24, 2.45) is 10.7 Å². The Bertz CT molecular complexity index is 1110. The van der Waals surface area contributed by atoms with Gasteiger partial charge in [0.05, 0.1) is 23.9 Å². The van der Waals surface area contributed by atoms with Crippen LogP contribution in [0.1, 0.15) is 21.5 Å². The van der Waals surface area contributed by atoms with Gasteiger partial charge in [-0.1, -0.05) is 12.1 Å². The highest BCUT2D eigenvalue weighted by molar-refractivity contribution is 6.47. The molecule has 152 valence electrons. The summed E-state index contributed by atoms with van der Waals surface area (Å²) in [5.74, 6) is -2.88. The maximum absolute atomic E-state index is 14.0. The van der Waals surface area contributed by atoms with Crippen molar-refractivity contribution < 1.29 is 18.8 Å². The molecule has 0 fully saturated rings.